The quantitative estimate of drug-likeness (QED) is 0.349. The number of rotatable bonds is 5. The zero-order valence-electron chi connectivity index (χ0n) is 12.5. The summed E-state index contributed by atoms with van der Waals surface area (Å²) < 4.78 is 27.5. The van der Waals surface area contributed by atoms with Gasteiger partial charge in [0.15, 0.2) is 6.61 Å². The van der Waals surface area contributed by atoms with Gasteiger partial charge in [-0.2, -0.15) is 8.78 Å². The van der Waals surface area contributed by atoms with Crippen LogP contribution in [0.3, 0.4) is 0 Å². The minimum absolute atomic E-state index is 0.0787. The van der Waals surface area contributed by atoms with E-state index in [0.29, 0.717) is 28.4 Å². The van der Waals surface area contributed by atoms with Crippen molar-refractivity contribution in [3.05, 3.63) is 51.4 Å². The van der Waals surface area contributed by atoms with Gasteiger partial charge in [-0.15, -0.1) is 0 Å². The van der Waals surface area contributed by atoms with E-state index in [1.807, 2.05) is 0 Å². The molecule has 0 bridgehead atoms. The molecule has 0 spiro atoms. The van der Waals surface area contributed by atoms with Crippen molar-refractivity contribution in [2.24, 2.45) is 0 Å². The Balaban J connectivity index is 1.71. The topological polar surface area (TPSA) is 55.3 Å². The van der Waals surface area contributed by atoms with Crippen LogP contribution in [0.25, 0.3) is 0 Å². The number of pyridine rings is 2. The first-order valence-electron chi connectivity index (χ1n) is 7.01. The summed E-state index contributed by atoms with van der Waals surface area (Å²) in [6.07, 6.45) is 2.92. The number of halogens is 5. The Labute approximate surface area is 165 Å². The smallest absolute Gasteiger partial charge is 0.329 e. The summed E-state index contributed by atoms with van der Waals surface area (Å²) in [4.78, 5) is 21.9. The van der Waals surface area contributed by atoms with Gasteiger partial charge in [-0.1, -0.05) is 23.2 Å². The molecule has 0 saturated heterocycles. The number of hydrogen-bond acceptors (Lipinski definition) is 4. The van der Waals surface area contributed by atoms with Crippen LogP contribution in [-0.2, 0) is 13.1 Å². The molecule has 1 amide bonds. The van der Waals surface area contributed by atoms with Crippen LogP contribution in [-0.4, -0.2) is 31.3 Å². The van der Waals surface area contributed by atoms with Gasteiger partial charge in [0.25, 0.3) is 5.91 Å². The summed E-state index contributed by atoms with van der Waals surface area (Å²) in [7, 11) is 0. The lowest BCUT2D eigenvalue weighted by Gasteiger charge is -2.16. The fraction of sp³-hybridized carbons (Fsp3) is 0.267. The molecular formula is C15H10Cl2F2IN3O2. The van der Waals surface area contributed by atoms with Gasteiger partial charge >= 0.3 is 3.93 Å². The number of hydrogen-bond donors (Lipinski definition) is 0. The summed E-state index contributed by atoms with van der Waals surface area (Å²) in [5.41, 5.74) is 1.84. The third-order valence-corrected chi connectivity index (χ3v) is 4.39. The molecule has 1 aliphatic heterocycles. The SMILES string of the molecule is O=C1c2ccnc(Cl)c2CN1Cc1cnc(OCC(F)(F)I)c(Cl)c1. The zero-order valence-corrected chi connectivity index (χ0v) is 16.1. The van der Waals surface area contributed by atoms with E-state index in [1.54, 1.807) is 11.0 Å². The van der Waals surface area contributed by atoms with Crippen molar-refractivity contribution < 1.29 is 18.3 Å². The van der Waals surface area contributed by atoms with Crippen molar-refractivity contribution in [3.8, 4) is 5.88 Å². The number of carbonyl (C=O) groups is 1. The van der Waals surface area contributed by atoms with Gasteiger partial charge in [0.2, 0.25) is 5.88 Å². The zero-order chi connectivity index (χ0) is 18.2. The Morgan fingerprint density at radius 2 is 2.12 bits per heavy atom. The molecule has 132 valence electrons. The first kappa shape index (κ1) is 18.5. The predicted octanol–water partition coefficient (Wildman–Crippen LogP) is 4.35. The van der Waals surface area contributed by atoms with E-state index >= 15 is 0 Å². The number of fused-ring (bicyclic) bond motifs is 1. The Hall–Kier alpha value is -1.26. The van der Waals surface area contributed by atoms with Gasteiger partial charge in [-0.25, -0.2) is 9.97 Å². The van der Waals surface area contributed by atoms with Crippen molar-refractivity contribution in [2.75, 3.05) is 6.61 Å². The maximum Gasteiger partial charge on any atom is 0.329 e. The van der Waals surface area contributed by atoms with Crippen LogP contribution >= 0.6 is 45.8 Å². The highest BCUT2D eigenvalue weighted by atomic mass is 127. The molecule has 25 heavy (non-hydrogen) atoms. The molecule has 10 heteroatoms. The van der Waals surface area contributed by atoms with Crippen LogP contribution in [0.5, 0.6) is 5.88 Å². The van der Waals surface area contributed by atoms with E-state index < -0.39 is 10.5 Å². The molecule has 0 aromatic carbocycles. The molecule has 3 heterocycles. The molecule has 0 fully saturated rings. The Morgan fingerprint density at radius 1 is 1.36 bits per heavy atom. The van der Waals surface area contributed by atoms with Crippen molar-refractivity contribution in [1.29, 1.82) is 0 Å². The molecule has 0 unspecified atom stereocenters. The van der Waals surface area contributed by atoms with E-state index in [-0.39, 0.29) is 23.4 Å². The van der Waals surface area contributed by atoms with E-state index in [9.17, 15) is 13.6 Å². The van der Waals surface area contributed by atoms with Crippen LogP contribution in [0.2, 0.25) is 10.2 Å². The monoisotopic (exact) mass is 499 g/mol. The number of nitrogens with zero attached hydrogens (tertiary/aromatic N) is 3. The molecule has 2 aromatic heterocycles. The van der Waals surface area contributed by atoms with E-state index in [4.69, 9.17) is 27.9 Å². The molecule has 0 saturated carbocycles. The largest absolute Gasteiger partial charge is 0.469 e. The molecule has 1 aliphatic rings. The molecule has 0 aliphatic carbocycles. The van der Waals surface area contributed by atoms with E-state index in [1.165, 1.54) is 18.5 Å². The Morgan fingerprint density at radius 3 is 2.76 bits per heavy atom. The number of ether oxygens (including phenoxy) is 1. The summed E-state index contributed by atoms with van der Waals surface area (Å²) >= 11 is 13.0. The number of amides is 1. The molecule has 5 nitrogen and oxygen atoms in total. The summed E-state index contributed by atoms with van der Waals surface area (Å²) in [6, 6.07) is 3.15. The minimum Gasteiger partial charge on any atom is -0.469 e. The van der Waals surface area contributed by atoms with Crippen molar-refractivity contribution in [2.45, 2.75) is 17.0 Å². The lowest BCUT2D eigenvalue weighted by atomic mass is 10.2. The van der Waals surface area contributed by atoms with Gasteiger partial charge in [0, 0.05) is 52.7 Å². The third-order valence-electron chi connectivity index (χ3n) is 3.48. The highest BCUT2D eigenvalue weighted by molar-refractivity contribution is 14.1. The first-order chi connectivity index (χ1) is 11.7. The van der Waals surface area contributed by atoms with Gasteiger partial charge in [0.05, 0.1) is 6.54 Å². The molecule has 0 radical (unpaired) electrons. The van der Waals surface area contributed by atoms with Crippen molar-refractivity contribution >= 4 is 51.7 Å². The van der Waals surface area contributed by atoms with Gasteiger partial charge < -0.3 is 9.64 Å². The summed E-state index contributed by atoms with van der Waals surface area (Å²) in [5.74, 6) is -0.245. The average molecular weight is 500 g/mol. The highest BCUT2D eigenvalue weighted by Gasteiger charge is 2.30. The highest BCUT2D eigenvalue weighted by Crippen LogP contribution is 2.30. The van der Waals surface area contributed by atoms with E-state index in [2.05, 4.69) is 9.97 Å². The summed E-state index contributed by atoms with van der Waals surface area (Å²) in [6.45, 7) is -0.248. The lowest BCUT2D eigenvalue weighted by Crippen LogP contribution is -2.23. The fourth-order valence-corrected chi connectivity index (χ4v) is 3.02. The van der Waals surface area contributed by atoms with E-state index in [0.717, 1.165) is 22.6 Å². The van der Waals surface area contributed by atoms with Crippen LogP contribution in [0.15, 0.2) is 24.5 Å². The third kappa shape index (κ3) is 4.29. The van der Waals surface area contributed by atoms with Crippen molar-refractivity contribution in [1.82, 2.24) is 14.9 Å². The normalized spacial score (nSPS) is 14.0. The van der Waals surface area contributed by atoms with Gasteiger partial charge in [-0.3, -0.25) is 4.79 Å². The molecule has 2 aromatic rings. The molecule has 3 rings (SSSR count). The van der Waals surface area contributed by atoms with Crippen LogP contribution < -0.4 is 4.74 Å². The lowest BCUT2D eigenvalue weighted by molar-refractivity contribution is 0.0625. The van der Waals surface area contributed by atoms with Gasteiger partial charge in [-0.05, 0) is 17.7 Å². The Bertz CT molecular complexity index is 833. The predicted molar refractivity (Wildman–Crippen MR) is 96.5 cm³/mol. The van der Waals surface area contributed by atoms with Crippen molar-refractivity contribution in [3.63, 3.8) is 0 Å². The Kier molecular flexibility index (Phi) is 5.31. The second kappa shape index (κ2) is 7.16. The number of alkyl halides is 3. The maximum absolute atomic E-state index is 12.8. The fourth-order valence-electron chi connectivity index (χ4n) is 2.41. The number of aromatic nitrogens is 2. The first-order valence-corrected chi connectivity index (χ1v) is 8.84. The van der Waals surface area contributed by atoms with Crippen LogP contribution in [0.4, 0.5) is 8.78 Å². The molecular weight excluding hydrogens is 490 g/mol. The minimum atomic E-state index is -3.01. The second-order valence-corrected chi connectivity index (χ2v) is 7.67. The second-order valence-electron chi connectivity index (χ2n) is 5.32. The molecule has 0 N–H and O–H groups in total. The van der Waals surface area contributed by atoms with Gasteiger partial charge in [0.1, 0.15) is 10.2 Å². The van der Waals surface area contributed by atoms with Crippen LogP contribution in [0, 0.1) is 0 Å². The van der Waals surface area contributed by atoms with Crippen LogP contribution in [0.1, 0.15) is 21.5 Å². The standard InChI is InChI=1S/C15H10Cl2F2IN3O2/c16-11-3-8(4-22-13(11)25-7-15(18,19)20)5-23-6-10-9(14(23)24)1-2-21-12(10)17/h1-4H,5-7H2. The number of carbonyl (C=O) groups excluding carboxylic acids is 1. The summed E-state index contributed by atoms with van der Waals surface area (Å²) in [5, 5.41) is 0.398. The maximum atomic E-state index is 12.8. The molecule has 0 atom stereocenters. The average Bonchev–Trinajstić information content (AvgIpc) is 2.84.